The predicted molar refractivity (Wildman–Crippen MR) is 113 cm³/mol. The molecule has 1 amide bonds. The van der Waals surface area contributed by atoms with Gasteiger partial charge in [-0.05, 0) is 55.1 Å². The van der Waals surface area contributed by atoms with E-state index < -0.39 is 0 Å². The lowest BCUT2D eigenvalue weighted by atomic mass is 10.1. The third kappa shape index (κ3) is 4.48. The molecule has 0 bridgehead atoms. The molecule has 7 heteroatoms. The summed E-state index contributed by atoms with van der Waals surface area (Å²) < 4.78 is 1.50. The molecule has 0 spiro atoms. The standard InChI is InChI=1S/C21H24N4O2S/c26-19(7-11-25-15-22-20-18(21(25)27)8-12-28-20)23-17-6-4-5-16(13-17)14-24-9-2-1-3-10-24/h4-6,8,12-13,15H,1-3,7,9-11,14H2,(H,23,26). The molecule has 1 saturated heterocycles. The number of carbonyl (C=O) groups excluding carboxylic acids is 1. The second-order valence-electron chi connectivity index (χ2n) is 7.22. The maximum absolute atomic E-state index is 12.4. The number of benzene rings is 1. The van der Waals surface area contributed by atoms with Crippen molar-refractivity contribution in [2.24, 2.45) is 0 Å². The van der Waals surface area contributed by atoms with Gasteiger partial charge in [0.1, 0.15) is 4.83 Å². The van der Waals surface area contributed by atoms with Crippen LogP contribution in [-0.2, 0) is 17.9 Å². The number of amides is 1. The van der Waals surface area contributed by atoms with Crippen molar-refractivity contribution in [3.05, 3.63) is 58.0 Å². The fraction of sp³-hybridized carbons (Fsp3) is 0.381. The number of hydrogen-bond acceptors (Lipinski definition) is 5. The van der Waals surface area contributed by atoms with Gasteiger partial charge in [-0.25, -0.2) is 4.98 Å². The van der Waals surface area contributed by atoms with Crippen molar-refractivity contribution in [2.45, 2.75) is 38.8 Å². The summed E-state index contributed by atoms with van der Waals surface area (Å²) >= 11 is 1.44. The van der Waals surface area contributed by atoms with E-state index in [1.165, 1.54) is 47.1 Å². The highest BCUT2D eigenvalue weighted by Gasteiger charge is 2.11. The zero-order valence-electron chi connectivity index (χ0n) is 15.8. The van der Waals surface area contributed by atoms with Gasteiger partial charge in [0, 0.05) is 25.2 Å². The maximum atomic E-state index is 12.4. The Bertz CT molecular complexity index is 1020. The summed E-state index contributed by atoms with van der Waals surface area (Å²) in [6, 6.07) is 9.81. The zero-order valence-corrected chi connectivity index (χ0v) is 16.6. The molecule has 0 unspecified atom stereocenters. The molecule has 146 valence electrons. The molecular formula is C21H24N4O2S. The van der Waals surface area contributed by atoms with Crippen molar-refractivity contribution < 1.29 is 4.79 Å². The highest BCUT2D eigenvalue weighted by Crippen LogP contribution is 2.17. The van der Waals surface area contributed by atoms with E-state index in [1.54, 1.807) is 6.07 Å². The Morgan fingerprint density at radius 3 is 2.89 bits per heavy atom. The summed E-state index contributed by atoms with van der Waals surface area (Å²) in [4.78, 5) is 32.2. The van der Waals surface area contributed by atoms with Crippen LogP contribution in [0.2, 0.25) is 0 Å². The lowest BCUT2D eigenvalue weighted by Gasteiger charge is -2.26. The van der Waals surface area contributed by atoms with Crippen LogP contribution in [-0.4, -0.2) is 33.4 Å². The molecule has 28 heavy (non-hydrogen) atoms. The van der Waals surface area contributed by atoms with Crippen LogP contribution < -0.4 is 10.9 Å². The van der Waals surface area contributed by atoms with Crippen molar-refractivity contribution >= 4 is 33.1 Å². The van der Waals surface area contributed by atoms with Gasteiger partial charge in [0.05, 0.1) is 11.7 Å². The minimum Gasteiger partial charge on any atom is -0.326 e. The summed E-state index contributed by atoms with van der Waals surface area (Å²) in [5.74, 6) is -0.104. The molecule has 0 saturated carbocycles. The second-order valence-corrected chi connectivity index (χ2v) is 8.11. The van der Waals surface area contributed by atoms with Gasteiger partial charge in [-0.1, -0.05) is 18.6 Å². The minimum atomic E-state index is -0.104. The molecule has 1 fully saturated rings. The van der Waals surface area contributed by atoms with Gasteiger partial charge in [0.25, 0.3) is 5.56 Å². The number of rotatable bonds is 6. The zero-order chi connectivity index (χ0) is 19.3. The number of nitrogens with one attached hydrogen (secondary N) is 1. The summed E-state index contributed by atoms with van der Waals surface area (Å²) in [5, 5.41) is 5.41. The molecule has 1 aromatic carbocycles. The molecule has 0 atom stereocenters. The number of aryl methyl sites for hydroxylation is 1. The van der Waals surface area contributed by atoms with Gasteiger partial charge >= 0.3 is 0 Å². The number of likely N-dealkylation sites (tertiary alicyclic amines) is 1. The molecule has 1 aliphatic rings. The van der Waals surface area contributed by atoms with Crippen molar-refractivity contribution in [1.82, 2.24) is 14.5 Å². The molecular weight excluding hydrogens is 372 g/mol. The van der Waals surface area contributed by atoms with Crippen molar-refractivity contribution in [2.75, 3.05) is 18.4 Å². The Hall–Kier alpha value is -2.51. The van der Waals surface area contributed by atoms with Gasteiger partial charge < -0.3 is 5.32 Å². The Morgan fingerprint density at radius 2 is 2.04 bits per heavy atom. The quantitative estimate of drug-likeness (QED) is 0.693. The largest absolute Gasteiger partial charge is 0.326 e. The van der Waals surface area contributed by atoms with Crippen LogP contribution in [0.4, 0.5) is 5.69 Å². The van der Waals surface area contributed by atoms with E-state index in [2.05, 4.69) is 21.3 Å². The average molecular weight is 397 g/mol. The highest BCUT2D eigenvalue weighted by atomic mass is 32.1. The highest BCUT2D eigenvalue weighted by molar-refractivity contribution is 7.16. The summed E-state index contributed by atoms with van der Waals surface area (Å²) in [6.45, 7) is 3.53. The fourth-order valence-corrected chi connectivity index (χ4v) is 4.34. The van der Waals surface area contributed by atoms with Gasteiger partial charge in [0.2, 0.25) is 5.91 Å². The van der Waals surface area contributed by atoms with Crippen LogP contribution in [0.15, 0.2) is 46.8 Å². The van der Waals surface area contributed by atoms with Crippen molar-refractivity contribution in [3.8, 4) is 0 Å². The summed E-state index contributed by atoms with van der Waals surface area (Å²) in [7, 11) is 0. The number of aromatic nitrogens is 2. The Labute approximate surface area is 167 Å². The molecule has 0 radical (unpaired) electrons. The van der Waals surface area contributed by atoms with Crippen LogP contribution >= 0.6 is 11.3 Å². The number of nitrogens with zero attached hydrogens (tertiary/aromatic N) is 3. The van der Waals surface area contributed by atoms with E-state index >= 15 is 0 Å². The normalized spacial score (nSPS) is 15.0. The number of fused-ring (bicyclic) bond motifs is 1. The summed E-state index contributed by atoms with van der Waals surface area (Å²) in [6.07, 6.45) is 5.61. The smallest absolute Gasteiger partial charge is 0.262 e. The van der Waals surface area contributed by atoms with Crippen LogP contribution in [0, 0.1) is 0 Å². The lowest BCUT2D eigenvalue weighted by molar-refractivity contribution is -0.116. The van der Waals surface area contributed by atoms with E-state index in [9.17, 15) is 9.59 Å². The maximum Gasteiger partial charge on any atom is 0.262 e. The van der Waals surface area contributed by atoms with Crippen LogP contribution in [0.3, 0.4) is 0 Å². The molecule has 1 aliphatic heterocycles. The van der Waals surface area contributed by atoms with E-state index in [0.29, 0.717) is 11.9 Å². The first kappa shape index (κ1) is 18.8. The summed E-state index contributed by atoms with van der Waals surface area (Å²) in [5.41, 5.74) is 1.92. The minimum absolute atomic E-state index is 0.0948. The van der Waals surface area contributed by atoms with Gasteiger partial charge in [0.15, 0.2) is 0 Å². The van der Waals surface area contributed by atoms with E-state index in [4.69, 9.17) is 0 Å². The molecule has 3 heterocycles. The van der Waals surface area contributed by atoms with E-state index in [-0.39, 0.29) is 17.9 Å². The number of anilines is 1. The van der Waals surface area contributed by atoms with E-state index in [1.807, 2.05) is 23.6 Å². The fourth-order valence-electron chi connectivity index (χ4n) is 3.62. The first-order valence-corrected chi connectivity index (χ1v) is 10.6. The van der Waals surface area contributed by atoms with Crippen LogP contribution in [0.25, 0.3) is 10.2 Å². The van der Waals surface area contributed by atoms with Gasteiger partial charge in [-0.15, -0.1) is 11.3 Å². The molecule has 1 N–H and O–H groups in total. The van der Waals surface area contributed by atoms with Crippen LogP contribution in [0.1, 0.15) is 31.2 Å². The number of carbonyl (C=O) groups is 1. The second kappa shape index (κ2) is 8.67. The number of hydrogen-bond donors (Lipinski definition) is 1. The van der Waals surface area contributed by atoms with Gasteiger partial charge in [-0.3, -0.25) is 19.1 Å². The molecule has 6 nitrogen and oxygen atoms in total. The van der Waals surface area contributed by atoms with Crippen molar-refractivity contribution in [1.29, 1.82) is 0 Å². The SMILES string of the molecule is O=C(CCn1cnc2sccc2c1=O)Nc1cccc(CN2CCCCC2)c1. The third-order valence-electron chi connectivity index (χ3n) is 5.10. The first-order valence-electron chi connectivity index (χ1n) is 9.73. The molecule has 3 aromatic rings. The molecule has 0 aliphatic carbocycles. The predicted octanol–water partition coefficient (Wildman–Crippen LogP) is 3.47. The number of thiophene rings is 1. The third-order valence-corrected chi connectivity index (χ3v) is 5.92. The topological polar surface area (TPSA) is 67.2 Å². The van der Waals surface area contributed by atoms with Crippen molar-refractivity contribution in [3.63, 3.8) is 0 Å². The van der Waals surface area contributed by atoms with Gasteiger partial charge in [-0.2, -0.15) is 0 Å². The lowest BCUT2D eigenvalue weighted by Crippen LogP contribution is -2.29. The number of piperidine rings is 1. The van der Waals surface area contributed by atoms with Crippen LogP contribution in [0.5, 0.6) is 0 Å². The monoisotopic (exact) mass is 396 g/mol. The van der Waals surface area contributed by atoms with E-state index in [0.717, 1.165) is 30.2 Å². The Kier molecular flexibility index (Phi) is 5.83. The Morgan fingerprint density at radius 1 is 1.18 bits per heavy atom. The molecule has 2 aromatic heterocycles. The Balaban J connectivity index is 1.34. The first-order chi connectivity index (χ1) is 13.7. The average Bonchev–Trinajstić information content (AvgIpc) is 3.18. The molecule has 4 rings (SSSR count).